The van der Waals surface area contributed by atoms with E-state index < -0.39 is 0 Å². The molecule has 7 heteroatoms. The quantitative estimate of drug-likeness (QED) is 0.505. The molecule has 2 rings (SSSR count). The first-order valence-corrected chi connectivity index (χ1v) is 10.4. The Balaban J connectivity index is 2.02. The third-order valence-corrected chi connectivity index (χ3v) is 4.89. The maximum atomic E-state index is 13.1. The first-order valence-electron chi connectivity index (χ1n) is 10.4. The number of aromatic nitrogens is 1. The van der Waals surface area contributed by atoms with Gasteiger partial charge in [0.15, 0.2) is 6.61 Å². The van der Waals surface area contributed by atoms with Gasteiger partial charge in [0.2, 0.25) is 5.91 Å². The van der Waals surface area contributed by atoms with Crippen LogP contribution in [-0.4, -0.2) is 66.1 Å². The first-order chi connectivity index (χ1) is 14.5. The Bertz CT molecular complexity index is 776. The summed E-state index contributed by atoms with van der Waals surface area (Å²) in [5.41, 5.74) is 1.06. The summed E-state index contributed by atoms with van der Waals surface area (Å²) in [6.07, 6.45) is 3.88. The molecule has 1 heterocycles. The zero-order chi connectivity index (χ0) is 21.8. The Morgan fingerprint density at radius 3 is 2.40 bits per heavy atom. The van der Waals surface area contributed by atoms with Crippen molar-refractivity contribution in [2.75, 3.05) is 40.0 Å². The molecule has 0 bridgehead atoms. The molecule has 30 heavy (non-hydrogen) atoms. The number of carbonyl (C=O) groups is 2. The van der Waals surface area contributed by atoms with Crippen LogP contribution in [0.25, 0.3) is 0 Å². The first kappa shape index (κ1) is 23.5. The maximum Gasteiger partial charge on any atom is 0.261 e. The smallest absolute Gasteiger partial charge is 0.261 e. The van der Waals surface area contributed by atoms with Crippen molar-refractivity contribution in [2.45, 2.75) is 26.3 Å². The van der Waals surface area contributed by atoms with E-state index in [9.17, 15) is 9.59 Å². The minimum absolute atomic E-state index is 0.00841. The van der Waals surface area contributed by atoms with E-state index in [0.29, 0.717) is 32.0 Å². The molecule has 2 amide bonds. The van der Waals surface area contributed by atoms with Crippen molar-refractivity contribution < 1.29 is 19.1 Å². The molecule has 2 aromatic rings. The highest BCUT2D eigenvalue weighted by Gasteiger charge is 2.22. The lowest BCUT2D eigenvalue weighted by molar-refractivity contribution is -0.142. The van der Waals surface area contributed by atoms with Crippen LogP contribution in [0.1, 0.15) is 25.5 Å². The zero-order valence-corrected chi connectivity index (χ0v) is 18.3. The Hall–Kier alpha value is -2.80. The Labute approximate surface area is 179 Å². The van der Waals surface area contributed by atoms with Crippen LogP contribution in [0.3, 0.4) is 0 Å². The maximum absolute atomic E-state index is 13.1. The summed E-state index contributed by atoms with van der Waals surface area (Å²) < 4.78 is 12.7. The molecule has 0 aliphatic carbocycles. The fraction of sp³-hybridized carbons (Fsp3) is 0.478. The van der Waals surface area contributed by atoms with Crippen LogP contribution in [0.15, 0.2) is 48.7 Å². The van der Waals surface area contributed by atoms with E-state index in [1.54, 1.807) is 19.2 Å². The summed E-state index contributed by atoms with van der Waals surface area (Å²) in [5, 5.41) is 0. The summed E-state index contributed by atoms with van der Waals surface area (Å²) in [7, 11) is 3.54. The second-order valence-electron chi connectivity index (χ2n) is 7.19. The monoisotopic (exact) mass is 415 g/mol. The van der Waals surface area contributed by atoms with Gasteiger partial charge in [-0.05, 0) is 30.7 Å². The second-order valence-corrected chi connectivity index (χ2v) is 7.19. The van der Waals surface area contributed by atoms with Gasteiger partial charge in [-0.25, -0.2) is 0 Å². The minimum atomic E-state index is -0.237. The molecule has 0 radical (unpaired) electrons. The lowest BCUT2D eigenvalue weighted by atomic mass is 10.2. The molecular weight excluding hydrogens is 382 g/mol. The van der Waals surface area contributed by atoms with Gasteiger partial charge in [-0.3, -0.25) is 9.59 Å². The van der Waals surface area contributed by atoms with Crippen LogP contribution < -0.4 is 4.74 Å². The molecule has 0 fully saturated rings. The second kappa shape index (κ2) is 12.7. The molecule has 0 aliphatic heterocycles. The van der Waals surface area contributed by atoms with Crippen molar-refractivity contribution in [3.63, 3.8) is 0 Å². The number of hydrogen-bond donors (Lipinski definition) is 0. The molecule has 0 aliphatic rings. The zero-order valence-electron chi connectivity index (χ0n) is 18.3. The molecule has 0 unspecified atom stereocenters. The predicted octanol–water partition coefficient (Wildman–Crippen LogP) is 2.71. The van der Waals surface area contributed by atoms with E-state index in [1.165, 1.54) is 4.90 Å². The largest absolute Gasteiger partial charge is 0.484 e. The van der Waals surface area contributed by atoms with Crippen LogP contribution in [0.4, 0.5) is 0 Å². The van der Waals surface area contributed by atoms with Gasteiger partial charge in [-0.2, -0.15) is 0 Å². The SMILES string of the molecule is CCCCN(Cc1cccn1C)C(=O)CN(CCOC)C(=O)COc1ccccc1. The molecule has 0 saturated heterocycles. The average Bonchev–Trinajstić information content (AvgIpc) is 3.17. The van der Waals surface area contributed by atoms with Crippen LogP contribution in [-0.2, 0) is 27.9 Å². The number of hydrogen-bond acceptors (Lipinski definition) is 4. The molecule has 0 N–H and O–H groups in total. The summed E-state index contributed by atoms with van der Waals surface area (Å²) in [5.74, 6) is 0.310. The molecule has 0 spiro atoms. The molecule has 7 nitrogen and oxygen atoms in total. The van der Waals surface area contributed by atoms with Gasteiger partial charge in [0.1, 0.15) is 5.75 Å². The number of benzene rings is 1. The average molecular weight is 416 g/mol. The summed E-state index contributed by atoms with van der Waals surface area (Å²) in [4.78, 5) is 29.2. The fourth-order valence-electron chi connectivity index (χ4n) is 3.01. The third-order valence-electron chi connectivity index (χ3n) is 4.89. The highest BCUT2D eigenvalue weighted by atomic mass is 16.5. The lowest BCUT2D eigenvalue weighted by Gasteiger charge is -2.28. The summed E-state index contributed by atoms with van der Waals surface area (Å²) >= 11 is 0. The van der Waals surface area contributed by atoms with Crippen LogP contribution in [0, 0.1) is 0 Å². The van der Waals surface area contributed by atoms with Crippen molar-refractivity contribution in [2.24, 2.45) is 7.05 Å². The number of ether oxygens (including phenoxy) is 2. The molecule has 0 atom stereocenters. The summed E-state index contributed by atoms with van der Waals surface area (Å²) in [6, 6.07) is 13.1. The normalized spacial score (nSPS) is 10.6. The number of amides is 2. The van der Waals surface area contributed by atoms with Gasteiger partial charge in [0.25, 0.3) is 5.91 Å². The fourth-order valence-corrected chi connectivity index (χ4v) is 3.01. The third kappa shape index (κ3) is 7.55. The number of methoxy groups -OCH3 is 1. The number of aryl methyl sites for hydroxylation is 1. The van der Waals surface area contributed by atoms with E-state index in [-0.39, 0.29) is 25.0 Å². The number of para-hydroxylation sites is 1. The number of unbranched alkanes of at least 4 members (excludes halogenated alkanes) is 1. The molecule has 164 valence electrons. The highest BCUT2D eigenvalue weighted by Crippen LogP contribution is 2.10. The Morgan fingerprint density at radius 1 is 1.00 bits per heavy atom. The highest BCUT2D eigenvalue weighted by molar-refractivity contribution is 5.85. The van der Waals surface area contributed by atoms with E-state index in [4.69, 9.17) is 9.47 Å². The van der Waals surface area contributed by atoms with Crippen molar-refractivity contribution in [1.29, 1.82) is 0 Å². The van der Waals surface area contributed by atoms with Crippen molar-refractivity contribution in [1.82, 2.24) is 14.4 Å². The van der Waals surface area contributed by atoms with Crippen LogP contribution >= 0.6 is 0 Å². The van der Waals surface area contributed by atoms with Gasteiger partial charge in [0, 0.05) is 39.1 Å². The van der Waals surface area contributed by atoms with Gasteiger partial charge in [-0.1, -0.05) is 31.5 Å². The Morgan fingerprint density at radius 2 is 1.77 bits per heavy atom. The topological polar surface area (TPSA) is 64.0 Å². The lowest BCUT2D eigenvalue weighted by Crippen LogP contribution is -2.45. The standard InChI is InChI=1S/C23H33N3O4/c1-4-5-14-25(17-20-10-9-13-24(20)2)22(27)18-26(15-16-29-3)23(28)19-30-21-11-7-6-8-12-21/h6-13H,4-5,14-19H2,1-3H3. The molecule has 1 aromatic carbocycles. The van der Waals surface area contributed by atoms with Crippen molar-refractivity contribution >= 4 is 11.8 Å². The van der Waals surface area contributed by atoms with Gasteiger partial charge >= 0.3 is 0 Å². The van der Waals surface area contributed by atoms with E-state index in [1.807, 2.05) is 53.0 Å². The van der Waals surface area contributed by atoms with Crippen LogP contribution in [0.5, 0.6) is 5.75 Å². The van der Waals surface area contributed by atoms with Crippen molar-refractivity contribution in [3.05, 3.63) is 54.4 Å². The molecule has 1 aromatic heterocycles. The molecular formula is C23H33N3O4. The Kier molecular flexibility index (Phi) is 9.94. The van der Waals surface area contributed by atoms with Gasteiger partial charge in [0.05, 0.1) is 19.7 Å². The van der Waals surface area contributed by atoms with E-state index in [0.717, 1.165) is 18.5 Å². The van der Waals surface area contributed by atoms with Gasteiger partial charge < -0.3 is 23.8 Å². The minimum Gasteiger partial charge on any atom is -0.484 e. The van der Waals surface area contributed by atoms with E-state index in [2.05, 4.69) is 6.92 Å². The molecule has 0 saturated carbocycles. The van der Waals surface area contributed by atoms with E-state index >= 15 is 0 Å². The van der Waals surface area contributed by atoms with Crippen molar-refractivity contribution in [3.8, 4) is 5.75 Å². The number of nitrogens with zero attached hydrogens (tertiary/aromatic N) is 3. The van der Waals surface area contributed by atoms with Gasteiger partial charge in [-0.15, -0.1) is 0 Å². The van der Waals surface area contributed by atoms with Crippen LogP contribution in [0.2, 0.25) is 0 Å². The number of rotatable bonds is 13. The number of carbonyl (C=O) groups excluding carboxylic acids is 2. The predicted molar refractivity (Wildman–Crippen MR) is 116 cm³/mol. The summed E-state index contributed by atoms with van der Waals surface area (Å²) in [6.45, 7) is 3.87.